The molecule has 1 aliphatic rings. The summed E-state index contributed by atoms with van der Waals surface area (Å²) in [5, 5.41) is 9.68. The maximum atomic E-state index is 13.1. The molecule has 0 spiro atoms. The van der Waals surface area contributed by atoms with Crippen molar-refractivity contribution in [1.82, 2.24) is 14.5 Å². The zero-order chi connectivity index (χ0) is 26.8. The van der Waals surface area contributed by atoms with Crippen LogP contribution in [0.3, 0.4) is 0 Å². The molecule has 1 aliphatic heterocycles. The molecule has 200 valence electrons. The van der Waals surface area contributed by atoms with E-state index >= 15 is 0 Å². The van der Waals surface area contributed by atoms with Crippen molar-refractivity contribution in [3.05, 3.63) is 59.5 Å². The Kier molecular flexibility index (Phi) is 10.9. The molecule has 14 heteroatoms. The van der Waals surface area contributed by atoms with Crippen molar-refractivity contribution in [2.45, 2.75) is 18.5 Å². The van der Waals surface area contributed by atoms with Crippen LogP contribution in [-0.2, 0) is 31.9 Å². The van der Waals surface area contributed by atoms with Gasteiger partial charge in [0.1, 0.15) is 5.76 Å². The highest BCUT2D eigenvalue weighted by Crippen LogP contribution is 2.16. The quantitative estimate of drug-likeness (QED) is 0.499. The Morgan fingerprint density at radius 1 is 1.14 bits per heavy atom. The molecule has 3 rings (SSSR count). The van der Waals surface area contributed by atoms with E-state index in [4.69, 9.17) is 19.1 Å². The van der Waals surface area contributed by atoms with Gasteiger partial charge in [-0.2, -0.15) is 17.5 Å². The van der Waals surface area contributed by atoms with Crippen molar-refractivity contribution in [3.8, 4) is 0 Å². The van der Waals surface area contributed by atoms with Gasteiger partial charge in [-0.15, -0.1) is 0 Å². The second kappa shape index (κ2) is 13.4. The molecule has 0 radical (unpaired) electrons. The van der Waals surface area contributed by atoms with Gasteiger partial charge in [0.15, 0.2) is 0 Å². The Hall–Kier alpha value is -2.94. The molecule has 2 N–H and O–H groups in total. The van der Waals surface area contributed by atoms with Crippen molar-refractivity contribution in [2.75, 3.05) is 46.4 Å². The van der Waals surface area contributed by atoms with E-state index in [1.807, 2.05) is 0 Å². The van der Waals surface area contributed by atoms with Gasteiger partial charge in [0.05, 0.1) is 31.8 Å². The maximum absolute atomic E-state index is 13.1. The van der Waals surface area contributed by atoms with Crippen LogP contribution in [0, 0.1) is 0 Å². The molecule has 0 atom stereocenters. The topological polar surface area (TPSA) is 129 Å². The van der Waals surface area contributed by atoms with Crippen LogP contribution in [0.2, 0.25) is 0 Å². The minimum atomic E-state index is -5.08. The fraction of sp³-hybridized carbons (Fsp3) is 0.455. The van der Waals surface area contributed by atoms with Crippen molar-refractivity contribution in [2.24, 2.45) is 0 Å². The molecule has 36 heavy (non-hydrogen) atoms. The fourth-order valence-electron chi connectivity index (χ4n) is 3.17. The Bertz CT molecular complexity index is 1070. The number of hydrogen-bond acceptors (Lipinski definition) is 7. The number of alkyl halides is 3. The number of hydrogen-bond donors (Lipinski definition) is 2. The highest BCUT2D eigenvalue weighted by molar-refractivity contribution is 7.88. The number of sulfonamides is 1. The number of benzene rings is 1. The summed E-state index contributed by atoms with van der Waals surface area (Å²) in [6.07, 6.45) is -3.54. The van der Waals surface area contributed by atoms with Crippen molar-refractivity contribution in [3.63, 3.8) is 0 Å². The second-order valence-corrected chi connectivity index (χ2v) is 9.67. The van der Waals surface area contributed by atoms with Crippen molar-refractivity contribution >= 4 is 21.9 Å². The number of ether oxygens (including phenoxy) is 1. The van der Waals surface area contributed by atoms with Crippen LogP contribution in [0.1, 0.15) is 21.7 Å². The third-order valence-corrected chi connectivity index (χ3v) is 6.91. The lowest BCUT2D eigenvalue weighted by molar-refractivity contribution is -0.192. The summed E-state index contributed by atoms with van der Waals surface area (Å²) in [6.45, 7) is 4.14. The van der Waals surface area contributed by atoms with Gasteiger partial charge in [0.25, 0.3) is 5.91 Å². The van der Waals surface area contributed by atoms with Crippen LogP contribution >= 0.6 is 0 Å². The van der Waals surface area contributed by atoms with Gasteiger partial charge < -0.3 is 19.6 Å². The molecule has 1 fully saturated rings. The number of halogens is 3. The number of carbonyl (C=O) groups excluding carboxylic acids is 1. The molecule has 0 saturated carbocycles. The molecule has 2 heterocycles. The molecule has 1 aromatic heterocycles. The number of nitrogens with one attached hydrogen (secondary N) is 1. The smallest absolute Gasteiger partial charge is 0.475 e. The first-order valence-electron chi connectivity index (χ1n) is 10.8. The fourth-order valence-corrected chi connectivity index (χ4v) is 4.65. The normalized spacial score (nSPS) is 14.7. The minimum absolute atomic E-state index is 0.134. The number of morpholine rings is 1. The van der Waals surface area contributed by atoms with E-state index in [-0.39, 0.29) is 18.2 Å². The molecule has 0 unspecified atom stereocenters. The predicted octanol–water partition coefficient (Wildman–Crippen LogP) is 1.94. The molecule has 2 aromatic rings. The van der Waals surface area contributed by atoms with Crippen LogP contribution in [0.25, 0.3) is 0 Å². The monoisotopic (exact) mass is 535 g/mol. The van der Waals surface area contributed by atoms with Crippen LogP contribution in [0.5, 0.6) is 0 Å². The van der Waals surface area contributed by atoms with Gasteiger partial charge in [-0.05, 0) is 29.8 Å². The molecule has 1 saturated heterocycles. The molecule has 0 bridgehead atoms. The standard InChI is InChI=1S/C20H27N3O5S.C2HF3O2/c1-21-20(24)18-6-4-17(5-7-18)16-29(25,26)23(15-19-3-2-12-28-19)9-8-22-10-13-27-14-11-22;3-2(4,5)1(6)7/h2-7,12H,8-11,13-16H2,1H3,(H,21,24);(H,6,7). The van der Waals surface area contributed by atoms with Crippen LogP contribution in [0.4, 0.5) is 13.2 Å². The molecule has 1 aromatic carbocycles. The SMILES string of the molecule is CNC(=O)c1ccc(CS(=O)(=O)N(CCN2CCOCC2)Cc2ccco2)cc1.O=C(O)C(F)(F)F. The van der Waals surface area contributed by atoms with Gasteiger partial charge >= 0.3 is 12.1 Å². The van der Waals surface area contributed by atoms with E-state index in [0.29, 0.717) is 43.2 Å². The Balaban J connectivity index is 0.000000572. The summed E-state index contributed by atoms with van der Waals surface area (Å²) in [5.74, 6) is -2.49. The predicted molar refractivity (Wildman–Crippen MR) is 123 cm³/mol. The average Bonchev–Trinajstić information content (AvgIpc) is 3.35. The maximum Gasteiger partial charge on any atom is 0.490 e. The number of nitrogens with zero attached hydrogens (tertiary/aromatic N) is 2. The number of rotatable bonds is 9. The van der Waals surface area contributed by atoms with E-state index in [1.165, 1.54) is 4.31 Å². The van der Waals surface area contributed by atoms with Gasteiger partial charge in [0.2, 0.25) is 10.0 Å². The lowest BCUT2D eigenvalue weighted by Gasteiger charge is -2.29. The zero-order valence-corrected chi connectivity index (χ0v) is 20.3. The number of aliphatic carboxylic acids is 1. The lowest BCUT2D eigenvalue weighted by atomic mass is 10.1. The highest BCUT2D eigenvalue weighted by Gasteiger charge is 2.38. The first-order valence-corrected chi connectivity index (χ1v) is 12.4. The van der Waals surface area contributed by atoms with Gasteiger partial charge in [-0.25, -0.2) is 13.2 Å². The average molecular weight is 536 g/mol. The van der Waals surface area contributed by atoms with E-state index in [0.717, 1.165) is 13.1 Å². The third kappa shape index (κ3) is 9.60. The summed E-state index contributed by atoms with van der Waals surface area (Å²) < 4.78 is 70.2. The summed E-state index contributed by atoms with van der Waals surface area (Å²) in [6, 6.07) is 10.1. The van der Waals surface area contributed by atoms with Crippen LogP contribution in [-0.4, -0.2) is 87.2 Å². The van der Waals surface area contributed by atoms with E-state index in [2.05, 4.69) is 10.2 Å². The highest BCUT2D eigenvalue weighted by atomic mass is 32.2. The largest absolute Gasteiger partial charge is 0.490 e. The lowest BCUT2D eigenvalue weighted by Crippen LogP contribution is -2.43. The molecular formula is C22H28F3N3O7S. The van der Waals surface area contributed by atoms with E-state index in [1.54, 1.807) is 49.7 Å². The van der Waals surface area contributed by atoms with Crippen molar-refractivity contribution in [1.29, 1.82) is 0 Å². The van der Waals surface area contributed by atoms with Gasteiger partial charge in [-0.1, -0.05) is 12.1 Å². The van der Waals surface area contributed by atoms with Crippen LogP contribution in [0.15, 0.2) is 47.1 Å². The van der Waals surface area contributed by atoms with Crippen LogP contribution < -0.4 is 5.32 Å². The zero-order valence-electron chi connectivity index (χ0n) is 19.5. The Morgan fingerprint density at radius 2 is 1.75 bits per heavy atom. The second-order valence-electron chi connectivity index (χ2n) is 7.70. The van der Waals surface area contributed by atoms with Crippen molar-refractivity contribution < 1.29 is 45.4 Å². The number of amides is 1. The molecule has 0 aliphatic carbocycles. The summed E-state index contributed by atoms with van der Waals surface area (Å²) >= 11 is 0. The molecule has 10 nitrogen and oxygen atoms in total. The first-order chi connectivity index (χ1) is 16.9. The summed E-state index contributed by atoms with van der Waals surface area (Å²) in [7, 11) is -2.02. The Labute approximate surface area is 206 Å². The molecular weight excluding hydrogens is 507 g/mol. The number of carbonyl (C=O) groups is 2. The summed E-state index contributed by atoms with van der Waals surface area (Å²) in [4.78, 5) is 22.8. The Morgan fingerprint density at radius 3 is 2.25 bits per heavy atom. The minimum Gasteiger partial charge on any atom is -0.475 e. The summed E-state index contributed by atoms with van der Waals surface area (Å²) in [5.41, 5.74) is 1.13. The van der Waals surface area contributed by atoms with E-state index < -0.39 is 22.2 Å². The number of carboxylic acid groups (broad SMARTS) is 1. The van der Waals surface area contributed by atoms with Gasteiger partial charge in [0, 0.05) is 38.8 Å². The first kappa shape index (κ1) is 29.3. The van der Waals surface area contributed by atoms with E-state index in [9.17, 15) is 26.4 Å². The number of furan rings is 1. The third-order valence-electron chi connectivity index (χ3n) is 5.11. The number of carboxylic acids is 1. The van der Waals surface area contributed by atoms with Gasteiger partial charge in [-0.3, -0.25) is 9.69 Å². The molecule has 1 amide bonds.